The number of hydrogen-bond donors (Lipinski definition) is 3. The third-order valence-electron chi connectivity index (χ3n) is 11.2. The summed E-state index contributed by atoms with van der Waals surface area (Å²) < 4.78 is 4.39. The maximum Gasteiger partial charge on any atom is 0.234 e. The number of fused-ring (bicyclic) bond motifs is 2. The first-order chi connectivity index (χ1) is 31.1. The molecule has 2 aliphatic rings. The maximum absolute atomic E-state index is 12.6. The maximum atomic E-state index is 12.6. The summed E-state index contributed by atoms with van der Waals surface area (Å²) >= 11 is 3.50. The van der Waals surface area contributed by atoms with Gasteiger partial charge in [-0.3, -0.25) is 14.5 Å². The van der Waals surface area contributed by atoms with E-state index >= 15 is 0 Å². The Morgan fingerprint density at radius 3 is 1.55 bits per heavy atom. The van der Waals surface area contributed by atoms with Gasteiger partial charge in [0.05, 0.1) is 0 Å². The SMILES string of the molecule is CC(C)(C)Cn1c(CBr)cc2cnc(C#N)nc21.CC(C)(C)Cn1c(CN2CCC(C(=O)Nc3ccccc3)CC2)cc2cnc(C#N)nc21.O=C(Nc1ccccc1)C1CCNCC1. The van der Waals surface area contributed by atoms with Gasteiger partial charge in [-0.25, -0.2) is 19.9 Å². The zero-order valence-corrected chi connectivity index (χ0v) is 40.0. The van der Waals surface area contributed by atoms with E-state index in [0.717, 1.165) is 116 Å². The summed E-state index contributed by atoms with van der Waals surface area (Å²) in [6.07, 6.45) is 7.03. The number of aromatic nitrogens is 6. The number of hydrogen-bond acceptors (Lipinski definition) is 10. The number of nitrogens with zero attached hydrogens (tertiary/aromatic N) is 9. The van der Waals surface area contributed by atoms with Crippen molar-refractivity contribution < 1.29 is 9.59 Å². The average Bonchev–Trinajstić information content (AvgIpc) is 3.81. The highest BCUT2D eigenvalue weighted by atomic mass is 79.9. The van der Waals surface area contributed by atoms with Crippen LogP contribution in [0.15, 0.2) is 85.2 Å². The molecule has 8 rings (SSSR count). The topological polar surface area (TPSA) is 182 Å². The molecular formula is C50H61BrN12O2. The van der Waals surface area contributed by atoms with Crippen LogP contribution in [0.3, 0.4) is 0 Å². The Kier molecular flexibility index (Phi) is 16.6. The van der Waals surface area contributed by atoms with E-state index in [2.05, 4.69) is 120 Å². The predicted molar refractivity (Wildman–Crippen MR) is 260 cm³/mol. The molecule has 0 radical (unpaired) electrons. The smallest absolute Gasteiger partial charge is 0.234 e. The van der Waals surface area contributed by atoms with Crippen LogP contribution in [0.5, 0.6) is 0 Å². The van der Waals surface area contributed by atoms with Gasteiger partial charge in [0, 0.05) is 82.7 Å². The monoisotopic (exact) mass is 940 g/mol. The van der Waals surface area contributed by atoms with Gasteiger partial charge in [0.25, 0.3) is 0 Å². The third-order valence-corrected chi connectivity index (χ3v) is 11.8. The zero-order valence-electron chi connectivity index (χ0n) is 38.4. The highest BCUT2D eigenvalue weighted by Gasteiger charge is 2.27. The Balaban J connectivity index is 0.000000178. The second-order valence-corrected chi connectivity index (χ2v) is 19.7. The van der Waals surface area contributed by atoms with Gasteiger partial charge in [0.1, 0.15) is 23.4 Å². The normalized spacial score (nSPS) is 14.9. The molecule has 2 amide bonds. The molecule has 6 heterocycles. The molecule has 0 atom stereocenters. The fourth-order valence-corrected chi connectivity index (χ4v) is 8.50. The molecular weight excluding hydrogens is 881 g/mol. The van der Waals surface area contributed by atoms with Crippen molar-refractivity contribution in [2.45, 2.75) is 92.2 Å². The minimum Gasteiger partial charge on any atom is -0.328 e. The van der Waals surface area contributed by atoms with Gasteiger partial charge in [-0.15, -0.1) is 0 Å². The first-order valence-corrected chi connectivity index (χ1v) is 23.5. The average molecular weight is 942 g/mol. The molecule has 65 heavy (non-hydrogen) atoms. The second-order valence-electron chi connectivity index (χ2n) is 19.2. The van der Waals surface area contributed by atoms with Gasteiger partial charge >= 0.3 is 0 Å². The highest BCUT2D eigenvalue weighted by molar-refractivity contribution is 9.08. The summed E-state index contributed by atoms with van der Waals surface area (Å²) in [5.41, 5.74) is 5.95. The number of alkyl halides is 1. The van der Waals surface area contributed by atoms with E-state index in [4.69, 9.17) is 5.26 Å². The molecule has 2 aromatic carbocycles. The summed E-state index contributed by atoms with van der Waals surface area (Å²) in [6.45, 7) is 19.3. The molecule has 15 heteroatoms. The van der Waals surface area contributed by atoms with Crippen molar-refractivity contribution in [1.82, 2.24) is 39.3 Å². The molecule has 2 aliphatic heterocycles. The van der Waals surface area contributed by atoms with Crippen LogP contribution in [-0.2, 0) is 34.6 Å². The second kappa shape index (κ2) is 22.3. The number of anilines is 2. The van der Waals surface area contributed by atoms with Gasteiger partial charge in [-0.1, -0.05) is 93.9 Å². The number of nitriles is 2. The molecule has 0 aliphatic carbocycles. The molecule has 340 valence electrons. The number of benzene rings is 2. The highest BCUT2D eigenvalue weighted by Crippen LogP contribution is 2.28. The molecule has 0 bridgehead atoms. The van der Waals surface area contributed by atoms with E-state index in [1.54, 1.807) is 12.4 Å². The number of halogens is 1. The summed E-state index contributed by atoms with van der Waals surface area (Å²) in [4.78, 5) is 43.8. The van der Waals surface area contributed by atoms with E-state index in [1.165, 1.54) is 5.69 Å². The van der Waals surface area contributed by atoms with E-state index in [0.29, 0.717) is 0 Å². The van der Waals surface area contributed by atoms with E-state index in [1.807, 2.05) is 72.8 Å². The summed E-state index contributed by atoms with van der Waals surface area (Å²) in [5, 5.41) is 30.1. The van der Waals surface area contributed by atoms with Gasteiger partial charge in [0.2, 0.25) is 23.5 Å². The number of carbonyl (C=O) groups is 2. The molecule has 2 saturated heterocycles. The molecule has 0 spiro atoms. The fraction of sp³-hybridized carbons (Fsp3) is 0.440. The van der Waals surface area contributed by atoms with E-state index < -0.39 is 0 Å². The van der Waals surface area contributed by atoms with Crippen LogP contribution in [0.4, 0.5) is 11.4 Å². The van der Waals surface area contributed by atoms with Crippen molar-refractivity contribution in [3.63, 3.8) is 0 Å². The molecule has 6 aromatic rings. The van der Waals surface area contributed by atoms with Crippen molar-refractivity contribution in [3.8, 4) is 12.1 Å². The molecule has 14 nitrogen and oxygen atoms in total. The number of carbonyl (C=O) groups excluding carboxylic acids is 2. The Labute approximate surface area is 391 Å². The quantitative estimate of drug-likeness (QED) is 0.118. The first-order valence-electron chi connectivity index (χ1n) is 22.3. The lowest BCUT2D eigenvalue weighted by molar-refractivity contribution is -0.121. The fourth-order valence-electron chi connectivity index (χ4n) is 8.04. The molecule has 3 N–H and O–H groups in total. The van der Waals surface area contributed by atoms with E-state index in [-0.39, 0.29) is 46.1 Å². The largest absolute Gasteiger partial charge is 0.328 e. The van der Waals surface area contributed by atoms with Crippen LogP contribution in [0, 0.1) is 45.3 Å². The molecule has 4 aromatic heterocycles. The zero-order chi connectivity index (χ0) is 46.6. The number of para-hydroxylation sites is 2. The Morgan fingerprint density at radius 2 is 1.12 bits per heavy atom. The minimum absolute atomic E-state index is 0.0379. The standard InChI is InChI=1S/C25H30N6O.C13H15BrN4.C12H16N2O/c1-25(2,3)17-31-21(13-19-15-27-22(14-26)29-23(19)31)16-30-11-9-18(10-12-30)24(32)28-20-7-5-4-6-8-20;1-13(2,3)8-18-10(5-14)4-9-7-16-11(6-15)17-12(9)18;15-12(10-6-8-13-9-7-10)14-11-4-2-1-3-5-11/h4-8,13,15,18H,9-12,16-17H2,1-3H3,(H,28,32);4,7H,5,8H2,1-3H3;1-5,10,13H,6-9H2,(H,14,15). The van der Waals surface area contributed by atoms with Gasteiger partial charge in [-0.2, -0.15) is 10.5 Å². The lowest BCUT2D eigenvalue weighted by Gasteiger charge is -2.32. The molecule has 0 saturated carbocycles. The molecule has 0 unspecified atom stereocenters. The summed E-state index contributed by atoms with van der Waals surface area (Å²) in [6, 6.07) is 27.5. The lowest BCUT2D eigenvalue weighted by Crippen LogP contribution is -2.38. The van der Waals surface area contributed by atoms with Crippen LogP contribution < -0.4 is 16.0 Å². The summed E-state index contributed by atoms with van der Waals surface area (Å²) in [7, 11) is 0. The number of piperidine rings is 2. The number of likely N-dealkylation sites (tertiary alicyclic amines) is 1. The van der Waals surface area contributed by atoms with Crippen molar-refractivity contribution in [2.75, 3.05) is 36.8 Å². The van der Waals surface area contributed by atoms with Crippen LogP contribution in [0.2, 0.25) is 0 Å². The molecule has 2 fully saturated rings. The Morgan fingerprint density at radius 1 is 0.692 bits per heavy atom. The summed E-state index contributed by atoms with van der Waals surface area (Å²) in [5.74, 6) is 0.890. The Bertz CT molecular complexity index is 2600. The van der Waals surface area contributed by atoms with Gasteiger partial charge in [-0.05, 0) is 99.1 Å². The van der Waals surface area contributed by atoms with Crippen molar-refractivity contribution in [2.24, 2.45) is 22.7 Å². The van der Waals surface area contributed by atoms with Crippen LogP contribution in [0.1, 0.15) is 90.3 Å². The first kappa shape index (κ1) is 48.5. The predicted octanol–water partition coefficient (Wildman–Crippen LogP) is 9.07. The van der Waals surface area contributed by atoms with Crippen molar-refractivity contribution >= 4 is 61.2 Å². The third kappa shape index (κ3) is 14.0. The van der Waals surface area contributed by atoms with Gasteiger partial charge in [0.15, 0.2) is 0 Å². The van der Waals surface area contributed by atoms with Crippen LogP contribution in [0.25, 0.3) is 22.1 Å². The minimum atomic E-state index is 0.0379. The number of nitrogens with one attached hydrogen (secondary N) is 3. The van der Waals surface area contributed by atoms with Gasteiger partial charge < -0.3 is 25.1 Å². The van der Waals surface area contributed by atoms with Crippen molar-refractivity contribution in [3.05, 3.63) is 108 Å². The van der Waals surface area contributed by atoms with E-state index in [9.17, 15) is 14.9 Å². The lowest BCUT2D eigenvalue weighted by atomic mass is 9.95. The Hall–Kier alpha value is -6.00. The van der Waals surface area contributed by atoms with Crippen LogP contribution in [-0.4, -0.2) is 72.0 Å². The number of rotatable bonds is 9. The number of amides is 2. The van der Waals surface area contributed by atoms with Crippen molar-refractivity contribution in [1.29, 1.82) is 10.5 Å². The van der Waals surface area contributed by atoms with Crippen LogP contribution >= 0.6 is 15.9 Å².